The number of carbonyl (C=O) groups excluding carboxylic acids is 1. The standard InChI is InChI=1S/C25H25N5O/c1-18-10-12-21(13-11-18)17-30-20(3)23(19(2)28-30)16-26-27-25(31)22-8-4-5-9-24(22)29-14-6-7-15-29/h4-16H,17H2,1-3H3,(H,27,31)/b26-16-. The van der Waals surface area contributed by atoms with Crippen LogP contribution in [0.2, 0.25) is 0 Å². The number of aryl methyl sites for hydroxylation is 2. The van der Waals surface area contributed by atoms with Crippen molar-refractivity contribution in [1.82, 2.24) is 19.8 Å². The molecule has 0 spiro atoms. The molecule has 2 aromatic heterocycles. The fourth-order valence-corrected chi connectivity index (χ4v) is 3.52. The normalized spacial score (nSPS) is 11.2. The molecule has 0 aliphatic heterocycles. The van der Waals surface area contributed by atoms with Crippen LogP contribution in [0.1, 0.15) is 38.4 Å². The van der Waals surface area contributed by atoms with Crippen molar-refractivity contribution >= 4 is 12.1 Å². The average molecular weight is 412 g/mol. The van der Waals surface area contributed by atoms with Crippen molar-refractivity contribution in [1.29, 1.82) is 0 Å². The van der Waals surface area contributed by atoms with Crippen LogP contribution in [0.3, 0.4) is 0 Å². The molecule has 31 heavy (non-hydrogen) atoms. The summed E-state index contributed by atoms with van der Waals surface area (Å²) in [6, 6.07) is 19.7. The van der Waals surface area contributed by atoms with Gasteiger partial charge in [-0.1, -0.05) is 42.0 Å². The maximum Gasteiger partial charge on any atom is 0.273 e. The van der Waals surface area contributed by atoms with Gasteiger partial charge in [-0.05, 0) is 50.6 Å². The molecule has 2 heterocycles. The molecule has 0 bridgehead atoms. The molecule has 0 atom stereocenters. The summed E-state index contributed by atoms with van der Waals surface area (Å²) in [5, 5.41) is 8.85. The van der Waals surface area contributed by atoms with Crippen LogP contribution in [-0.4, -0.2) is 26.5 Å². The summed E-state index contributed by atoms with van der Waals surface area (Å²) in [7, 11) is 0. The third kappa shape index (κ3) is 4.48. The fourth-order valence-electron chi connectivity index (χ4n) is 3.52. The molecular weight excluding hydrogens is 386 g/mol. The molecule has 0 aliphatic rings. The lowest BCUT2D eigenvalue weighted by Crippen LogP contribution is -2.19. The van der Waals surface area contributed by atoms with Crippen LogP contribution in [-0.2, 0) is 6.54 Å². The van der Waals surface area contributed by atoms with Crippen LogP contribution in [0.25, 0.3) is 5.69 Å². The number of hydrogen-bond acceptors (Lipinski definition) is 3. The highest BCUT2D eigenvalue weighted by atomic mass is 16.2. The highest BCUT2D eigenvalue weighted by Gasteiger charge is 2.13. The molecule has 6 nitrogen and oxygen atoms in total. The predicted octanol–water partition coefficient (Wildman–Crippen LogP) is 4.41. The Morgan fingerprint density at radius 3 is 2.45 bits per heavy atom. The Labute approximate surface area is 181 Å². The number of rotatable bonds is 6. The van der Waals surface area contributed by atoms with Crippen LogP contribution in [0.4, 0.5) is 0 Å². The number of benzene rings is 2. The highest BCUT2D eigenvalue weighted by Crippen LogP contribution is 2.15. The molecule has 0 unspecified atom stereocenters. The van der Waals surface area contributed by atoms with Gasteiger partial charge < -0.3 is 4.57 Å². The van der Waals surface area contributed by atoms with Gasteiger partial charge in [0.05, 0.1) is 29.7 Å². The summed E-state index contributed by atoms with van der Waals surface area (Å²) < 4.78 is 3.87. The summed E-state index contributed by atoms with van der Waals surface area (Å²) in [5.74, 6) is -0.261. The van der Waals surface area contributed by atoms with Crippen molar-refractivity contribution < 1.29 is 4.79 Å². The first-order valence-electron chi connectivity index (χ1n) is 10.2. The summed E-state index contributed by atoms with van der Waals surface area (Å²) in [6.07, 6.45) is 5.48. The Morgan fingerprint density at radius 2 is 1.71 bits per heavy atom. The number of hydrazone groups is 1. The van der Waals surface area contributed by atoms with E-state index in [2.05, 4.69) is 46.8 Å². The van der Waals surface area contributed by atoms with Gasteiger partial charge in [0.1, 0.15) is 0 Å². The third-order valence-corrected chi connectivity index (χ3v) is 5.28. The summed E-state index contributed by atoms with van der Waals surface area (Å²) in [4.78, 5) is 12.7. The van der Waals surface area contributed by atoms with Gasteiger partial charge in [-0.3, -0.25) is 9.48 Å². The lowest BCUT2D eigenvalue weighted by atomic mass is 10.1. The molecule has 0 radical (unpaired) electrons. The number of para-hydroxylation sites is 1. The van der Waals surface area contributed by atoms with Crippen molar-refractivity contribution in [3.05, 3.63) is 107 Å². The molecule has 0 fully saturated rings. The average Bonchev–Trinajstić information content (AvgIpc) is 3.40. The maximum atomic E-state index is 12.7. The topological polar surface area (TPSA) is 64.2 Å². The summed E-state index contributed by atoms with van der Waals surface area (Å²) in [5.41, 5.74) is 9.22. The van der Waals surface area contributed by atoms with E-state index in [9.17, 15) is 4.79 Å². The van der Waals surface area contributed by atoms with Crippen molar-refractivity contribution in [3.8, 4) is 5.69 Å². The smallest absolute Gasteiger partial charge is 0.273 e. The second kappa shape index (κ2) is 8.83. The van der Waals surface area contributed by atoms with E-state index in [1.165, 1.54) is 11.1 Å². The van der Waals surface area contributed by atoms with Gasteiger partial charge in [0, 0.05) is 23.7 Å². The molecule has 0 saturated heterocycles. The first-order chi connectivity index (χ1) is 15.0. The van der Waals surface area contributed by atoms with E-state index in [1.54, 1.807) is 12.3 Å². The molecule has 1 N–H and O–H groups in total. The lowest BCUT2D eigenvalue weighted by Gasteiger charge is -2.09. The summed E-state index contributed by atoms with van der Waals surface area (Å²) in [6.45, 7) is 6.73. The Hall–Kier alpha value is -3.93. The number of carbonyl (C=O) groups is 1. The summed E-state index contributed by atoms with van der Waals surface area (Å²) >= 11 is 0. The number of aromatic nitrogens is 3. The molecule has 0 aliphatic carbocycles. The molecule has 4 aromatic rings. The molecule has 0 saturated carbocycles. The fraction of sp³-hybridized carbons (Fsp3) is 0.160. The number of hydrogen-bond donors (Lipinski definition) is 1. The van der Waals surface area contributed by atoms with Crippen molar-refractivity contribution in [2.24, 2.45) is 5.10 Å². The van der Waals surface area contributed by atoms with Crippen LogP contribution in [0, 0.1) is 20.8 Å². The molecular formula is C25H25N5O. The van der Waals surface area contributed by atoms with Crippen molar-refractivity contribution in [3.63, 3.8) is 0 Å². The van der Waals surface area contributed by atoms with E-state index in [1.807, 2.05) is 65.8 Å². The van der Waals surface area contributed by atoms with E-state index in [4.69, 9.17) is 0 Å². The quantitative estimate of drug-likeness (QED) is 0.377. The number of nitrogens with zero attached hydrogens (tertiary/aromatic N) is 4. The first kappa shape index (κ1) is 20.3. The second-order valence-corrected chi connectivity index (χ2v) is 7.53. The lowest BCUT2D eigenvalue weighted by molar-refractivity contribution is 0.0955. The van der Waals surface area contributed by atoms with E-state index in [-0.39, 0.29) is 5.91 Å². The van der Waals surface area contributed by atoms with Crippen molar-refractivity contribution in [2.45, 2.75) is 27.3 Å². The zero-order valence-electron chi connectivity index (χ0n) is 17.9. The van der Waals surface area contributed by atoms with Gasteiger partial charge in [-0.15, -0.1) is 0 Å². The van der Waals surface area contributed by atoms with E-state index < -0.39 is 0 Å². The second-order valence-electron chi connectivity index (χ2n) is 7.53. The van der Waals surface area contributed by atoms with Crippen LogP contribution in [0.15, 0.2) is 78.2 Å². The van der Waals surface area contributed by atoms with Crippen LogP contribution >= 0.6 is 0 Å². The van der Waals surface area contributed by atoms with Gasteiger partial charge in [-0.25, -0.2) is 5.43 Å². The zero-order valence-corrected chi connectivity index (χ0v) is 17.9. The Balaban J connectivity index is 1.49. The van der Waals surface area contributed by atoms with E-state index in [0.29, 0.717) is 12.1 Å². The Bertz CT molecular complexity index is 1220. The van der Waals surface area contributed by atoms with Gasteiger partial charge in [0.15, 0.2) is 0 Å². The van der Waals surface area contributed by atoms with Crippen molar-refractivity contribution in [2.75, 3.05) is 0 Å². The monoisotopic (exact) mass is 411 g/mol. The highest BCUT2D eigenvalue weighted by molar-refractivity contribution is 5.98. The molecule has 4 rings (SSSR count). The van der Waals surface area contributed by atoms with Crippen LogP contribution in [0.5, 0.6) is 0 Å². The van der Waals surface area contributed by atoms with Gasteiger partial charge in [0.2, 0.25) is 0 Å². The van der Waals surface area contributed by atoms with E-state index >= 15 is 0 Å². The van der Waals surface area contributed by atoms with Gasteiger partial charge in [0.25, 0.3) is 5.91 Å². The number of amides is 1. The Kier molecular flexibility index (Phi) is 5.80. The van der Waals surface area contributed by atoms with Gasteiger partial charge >= 0.3 is 0 Å². The predicted molar refractivity (Wildman–Crippen MR) is 123 cm³/mol. The maximum absolute atomic E-state index is 12.7. The van der Waals surface area contributed by atoms with E-state index in [0.717, 1.165) is 22.6 Å². The molecule has 1 amide bonds. The molecule has 6 heteroatoms. The minimum atomic E-state index is -0.261. The van der Waals surface area contributed by atoms with Crippen LogP contribution < -0.4 is 5.43 Å². The SMILES string of the molecule is Cc1ccc(Cn2nc(C)c(/C=N\NC(=O)c3ccccc3-n3cccc3)c2C)cc1. The minimum absolute atomic E-state index is 0.261. The molecule has 2 aromatic carbocycles. The first-order valence-corrected chi connectivity index (χ1v) is 10.2. The zero-order chi connectivity index (χ0) is 21.8. The van der Waals surface area contributed by atoms with Gasteiger partial charge in [-0.2, -0.15) is 10.2 Å². The number of nitrogens with one attached hydrogen (secondary N) is 1. The Morgan fingerprint density at radius 1 is 1.00 bits per heavy atom. The largest absolute Gasteiger partial charge is 0.323 e. The minimum Gasteiger partial charge on any atom is -0.323 e. The third-order valence-electron chi connectivity index (χ3n) is 5.28. The molecule has 156 valence electrons.